The summed E-state index contributed by atoms with van der Waals surface area (Å²) >= 11 is 0. The van der Waals surface area contributed by atoms with E-state index >= 15 is 0 Å². The number of hydrogen-bond donors (Lipinski definition) is 1. The van der Waals surface area contributed by atoms with Gasteiger partial charge in [-0.05, 0) is 69.3 Å². The maximum atomic E-state index is 5.78. The molecule has 19 heavy (non-hydrogen) atoms. The van der Waals surface area contributed by atoms with Crippen molar-refractivity contribution in [2.24, 2.45) is 0 Å². The summed E-state index contributed by atoms with van der Waals surface area (Å²) in [6.07, 6.45) is 7.84. The van der Waals surface area contributed by atoms with Crippen molar-refractivity contribution in [1.82, 2.24) is 5.32 Å². The summed E-state index contributed by atoms with van der Waals surface area (Å²) in [5.41, 5.74) is 2.64. The topological polar surface area (TPSA) is 21.3 Å². The van der Waals surface area contributed by atoms with Gasteiger partial charge in [0.25, 0.3) is 0 Å². The SMILES string of the molecule is Cc1ccc(OCCCCCCNC2CC2)cc1C. The summed E-state index contributed by atoms with van der Waals surface area (Å²) < 4.78 is 5.78. The van der Waals surface area contributed by atoms with Gasteiger partial charge in [0.2, 0.25) is 0 Å². The van der Waals surface area contributed by atoms with Crippen LogP contribution >= 0.6 is 0 Å². The molecule has 0 aromatic heterocycles. The summed E-state index contributed by atoms with van der Waals surface area (Å²) in [5, 5.41) is 3.55. The van der Waals surface area contributed by atoms with E-state index in [0.29, 0.717) is 0 Å². The molecule has 0 aliphatic heterocycles. The summed E-state index contributed by atoms with van der Waals surface area (Å²) in [7, 11) is 0. The zero-order chi connectivity index (χ0) is 13.5. The molecule has 0 atom stereocenters. The highest BCUT2D eigenvalue weighted by molar-refractivity contribution is 5.33. The quantitative estimate of drug-likeness (QED) is 0.679. The molecule has 0 bridgehead atoms. The molecule has 1 aromatic carbocycles. The normalized spacial score (nSPS) is 14.6. The van der Waals surface area contributed by atoms with Gasteiger partial charge in [0.15, 0.2) is 0 Å². The Kier molecular flexibility index (Phi) is 5.71. The van der Waals surface area contributed by atoms with Crippen molar-refractivity contribution in [1.29, 1.82) is 0 Å². The minimum absolute atomic E-state index is 0.846. The fourth-order valence-corrected chi connectivity index (χ4v) is 2.17. The molecule has 0 unspecified atom stereocenters. The van der Waals surface area contributed by atoms with E-state index < -0.39 is 0 Å². The molecule has 1 saturated carbocycles. The van der Waals surface area contributed by atoms with Gasteiger partial charge < -0.3 is 10.1 Å². The number of ether oxygens (including phenoxy) is 1. The van der Waals surface area contributed by atoms with Gasteiger partial charge in [-0.2, -0.15) is 0 Å². The highest BCUT2D eigenvalue weighted by Gasteiger charge is 2.19. The van der Waals surface area contributed by atoms with Crippen LogP contribution < -0.4 is 10.1 Å². The third-order valence-corrected chi connectivity index (χ3v) is 3.83. The fraction of sp³-hybridized carbons (Fsp3) is 0.647. The van der Waals surface area contributed by atoms with Crippen LogP contribution in [0.4, 0.5) is 0 Å². The highest BCUT2D eigenvalue weighted by Crippen LogP contribution is 2.18. The molecule has 0 spiro atoms. The van der Waals surface area contributed by atoms with Gasteiger partial charge in [0.1, 0.15) is 5.75 Å². The molecular formula is C17H27NO. The van der Waals surface area contributed by atoms with Crippen LogP contribution in [0.15, 0.2) is 18.2 Å². The van der Waals surface area contributed by atoms with Crippen molar-refractivity contribution >= 4 is 0 Å². The zero-order valence-corrected chi connectivity index (χ0v) is 12.4. The van der Waals surface area contributed by atoms with Crippen molar-refractivity contribution in [3.05, 3.63) is 29.3 Å². The molecule has 1 aliphatic carbocycles. The number of hydrogen-bond acceptors (Lipinski definition) is 2. The third kappa shape index (κ3) is 5.65. The predicted molar refractivity (Wildman–Crippen MR) is 80.9 cm³/mol. The van der Waals surface area contributed by atoms with Crippen LogP contribution in [-0.2, 0) is 0 Å². The van der Waals surface area contributed by atoms with Crippen molar-refractivity contribution < 1.29 is 4.74 Å². The molecule has 0 radical (unpaired) electrons. The van der Waals surface area contributed by atoms with Crippen LogP contribution in [0.2, 0.25) is 0 Å². The Balaban J connectivity index is 1.47. The van der Waals surface area contributed by atoms with E-state index in [1.54, 1.807) is 0 Å². The lowest BCUT2D eigenvalue weighted by atomic mass is 10.1. The van der Waals surface area contributed by atoms with Crippen LogP contribution in [0, 0.1) is 13.8 Å². The average molecular weight is 261 g/mol. The van der Waals surface area contributed by atoms with Crippen molar-refractivity contribution in [3.63, 3.8) is 0 Å². The number of unbranched alkanes of at least 4 members (excludes halogenated alkanes) is 3. The maximum absolute atomic E-state index is 5.78. The molecule has 1 N–H and O–H groups in total. The summed E-state index contributed by atoms with van der Waals surface area (Å²) in [6, 6.07) is 7.19. The Morgan fingerprint density at radius 1 is 1.05 bits per heavy atom. The molecule has 2 nitrogen and oxygen atoms in total. The highest BCUT2D eigenvalue weighted by atomic mass is 16.5. The van der Waals surface area contributed by atoms with Gasteiger partial charge in [-0.3, -0.25) is 0 Å². The molecule has 1 aromatic rings. The first-order chi connectivity index (χ1) is 9.25. The third-order valence-electron chi connectivity index (χ3n) is 3.83. The number of nitrogens with one attached hydrogen (secondary N) is 1. The van der Waals surface area contributed by atoms with E-state index in [-0.39, 0.29) is 0 Å². The van der Waals surface area contributed by atoms with Gasteiger partial charge in [-0.25, -0.2) is 0 Å². The monoisotopic (exact) mass is 261 g/mol. The van der Waals surface area contributed by atoms with E-state index in [4.69, 9.17) is 4.74 Å². The van der Waals surface area contributed by atoms with Crippen LogP contribution in [0.3, 0.4) is 0 Å². The minimum Gasteiger partial charge on any atom is -0.494 e. The molecule has 0 saturated heterocycles. The molecular weight excluding hydrogens is 234 g/mol. The second kappa shape index (κ2) is 7.54. The fourth-order valence-electron chi connectivity index (χ4n) is 2.17. The lowest BCUT2D eigenvalue weighted by Gasteiger charge is -2.08. The van der Waals surface area contributed by atoms with Crippen molar-refractivity contribution in [2.75, 3.05) is 13.2 Å². The molecule has 2 heteroatoms. The van der Waals surface area contributed by atoms with Gasteiger partial charge in [-0.15, -0.1) is 0 Å². The van der Waals surface area contributed by atoms with Gasteiger partial charge in [-0.1, -0.05) is 18.9 Å². The Hall–Kier alpha value is -1.02. The maximum Gasteiger partial charge on any atom is 0.119 e. The zero-order valence-electron chi connectivity index (χ0n) is 12.4. The first kappa shape index (κ1) is 14.4. The van der Waals surface area contributed by atoms with E-state index in [1.165, 1.54) is 49.8 Å². The van der Waals surface area contributed by atoms with E-state index in [9.17, 15) is 0 Å². The van der Waals surface area contributed by atoms with E-state index in [1.807, 2.05) is 0 Å². The standard InChI is InChI=1S/C17H27NO/c1-14-7-10-17(13-15(14)2)19-12-6-4-3-5-11-18-16-8-9-16/h7,10,13,16,18H,3-6,8-9,11-12H2,1-2H3. The second-order valence-corrected chi connectivity index (χ2v) is 5.74. The Morgan fingerprint density at radius 3 is 2.58 bits per heavy atom. The van der Waals surface area contributed by atoms with E-state index in [0.717, 1.165) is 24.8 Å². The lowest BCUT2D eigenvalue weighted by Crippen LogP contribution is -2.17. The molecule has 2 rings (SSSR count). The molecule has 1 aliphatic rings. The Labute approximate surface area is 117 Å². The first-order valence-corrected chi connectivity index (χ1v) is 7.69. The minimum atomic E-state index is 0.846. The van der Waals surface area contributed by atoms with Crippen LogP contribution in [-0.4, -0.2) is 19.2 Å². The van der Waals surface area contributed by atoms with Gasteiger partial charge in [0.05, 0.1) is 6.61 Å². The predicted octanol–water partition coefficient (Wildman–Crippen LogP) is 3.99. The van der Waals surface area contributed by atoms with Crippen LogP contribution in [0.1, 0.15) is 49.7 Å². The van der Waals surface area contributed by atoms with Crippen molar-refractivity contribution in [2.45, 2.75) is 58.4 Å². The Bertz CT molecular complexity index is 385. The number of benzene rings is 1. The molecule has 0 amide bonds. The average Bonchev–Trinajstić information content (AvgIpc) is 3.21. The first-order valence-electron chi connectivity index (χ1n) is 7.69. The second-order valence-electron chi connectivity index (χ2n) is 5.74. The Morgan fingerprint density at radius 2 is 1.84 bits per heavy atom. The lowest BCUT2D eigenvalue weighted by molar-refractivity contribution is 0.304. The van der Waals surface area contributed by atoms with Crippen LogP contribution in [0.25, 0.3) is 0 Å². The summed E-state index contributed by atoms with van der Waals surface area (Å²) in [5.74, 6) is 1.01. The van der Waals surface area contributed by atoms with Gasteiger partial charge >= 0.3 is 0 Å². The number of aryl methyl sites for hydroxylation is 2. The molecule has 1 fully saturated rings. The van der Waals surface area contributed by atoms with Gasteiger partial charge in [0, 0.05) is 6.04 Å². The summed E-state index contributed by atoms with van der Waals surface area (Å²) in [6.45, 7) is 6.31. The van der Waals surface area contributed by atoms with Crippen LogP contribution in [0.5, 0.6) is 5.75 Å². The largest absolute Gasteiger partial charge is 0.494 e. The summed E-state index contributed by atoms with van der Waals surface area (Å²) in [4.78, 5) is 0. The molecule has 106 valence electrons. The smallest absolute Gasteiger partial charge is 0.119 e. The number of rotatable bonds is 9. The molecule has 0 heterocycles. The van der Waals surface area contributed by atoms with E-state index in [2.05, 4.69) is 37.4 Å². The van der Waals surface area contributed by atoms with Crippen molar-refractivity contribution in [3.8, 4) is 5.75 Å².